The summed E-state index contributed by atoms with van der Waals surface area (Å²) in [6.45, 7) is 5.72. The molecule has 0 saturated carbocycles. The maximum atomic E-state index is 10.5. The van der Waals surface area contributed by atoms with Gasteiger partial charge in [-0.2, -0.15) is 4.79 Å². The molecule has 0 aliphatic rings. The topological polar surface area (TPSA) is 26.3 Å². The lowest BCUT2D eigenvalue weighted by atomic mass is 10.2. The fraction of sp³-hybridized carbons (Fsp3) is 0.667. The summed E-state index contributed by atoms with van der Waals surface area (Å²) in [7, 11) is 0. The number of carbonyl (C=O) groups is 1. The number of hydrogen-bond donors (Lipinski definition) is 0. The minimum Gasteiger partial charge on any atom is -0.430 e. The molecular formula is C6H11O2+. The number of rotatable bonds is 2. The number of ether oxygens (including phenoxy) is 1. The number of esters is 1. The smallest absolute Gasteiger partial charge is 0.430 e. The van der Waals surface area contributed by atoms with E-state index in [1.807, 2.05) is 0 Å². The summed E-state index contributed by atoms with van der Waals surface area (Å²) in [6.07, 6.45) is 0. The standard InChI is InChI=1S/C6H11O2/c1-4-8-6(7)5(2)3/h4H2,1-3H3/q+1. The Bertz CT molecular complexity index is 76.6. The summed E-state index contributed by atoms with van der Waals surface area (Å²) in [5.74, 6) is 0.499. The van der Waals surface area contributed by atoms with Gasteiger partial charge in [-0.3, -0.25) is 0 Å². The van der Waals surface area contributed by atoms with Crippen LogP contribution < -0.4 is 0 Å². The minimum atomic E-state index is -0.201. The molecule has 0 aromatic carbocycles. The third kappa shape index (κ3) is 2.50. The van der Waals surface area contributed by atoms with Gasteiger partial charge in [-0.15, -0.1) is 0 Å². The van der Waals surface area contributed by atoms with Crippen molar-refractivity contribution in [1.82, 2.24) is 0 Å². The molecule has 0 radical (unpaired) electrons. The van der Waals surface area contributed by atoms with Crippen LogP contribution in [0.5, 0.6) is 0 Å². The lowest BCUT2D eigenvalue weighted by molar-refractivity contribution is -0.140. The first-order valence-electron chi connectivity index (χ1n) is 2.65. The average Bonchev–Trinajstić information content (AvgIpc) is 1.67. The van der Waals surface area contributed by atoms with Gasteiger partial charge in [0.05, 0.1) is 20.5 Å². The van der Waals surface area contributed by atoms with E-state index < -0.39 is 0 Å². The molecule has 0 bridgehead atoms. The second kappa shape index (κ2) is 3.36. The molecule has 0 aromatic heterocycles. The Labute approximate surface area is 49.8 Å². The first kappa shape index (κ1) is 7.34. The molecule has 0 N–H and O–H groups in total. The summed E-state index contributed by atoms with van der Waals surface area (Å²) >= 11 is 0. The Morgan fingerprint density at radius 1 is 1.62 bits per heavy atom. The Morgan fingerprint density at radius 3 is 2.25 bits per heavy atom. The molecule has 2 nitrogen and oxygen atoms in total. The fourth-order valence-electron chi connectivity index (χ4n) is 0.275. The molecule has 0 aromatic rings. The number of carbonyl (C=O) groups excluding carboxylic acids is 1. The van der Waals surface area contributed by atoms with E-state index in [-0.39, 0.29) is 5.97 Å². The zero-order chi connectivity index (χ0) is 6.57. The Hall–Kier alpha value is -0.660. The van der Waals surface area contributed by atoms with E-state index in [1.54, 1.807) is 20.8 Å². The molecule has 0 fully saturated rings. The van der Waals surface area contributed by atoms with Crippen LogP contribution in [-0.4, -0.2) is 12.6 Å². The van der Waals surface area contributed by atoms with Crippen molar-refractivity contribution in [3.8, 4) is 0 Å². The van der Waals surface area contributed by atoms with Crippen LogP contribution in [0.15, 0.2) is 0 Å². The third-order valence-corrected chi connectivity index (χ3v) is 0.684. The van der Waals surface area contributed by atoms with E-state index in [1.165, 1.54) is 0 Å². The van der Waals surface area contributed by atoms with E-state index >= 15 is 0 Å². The van der Waals surface area contributed by atoms with Crippen LogP contribution in [0.3, 0.4) is 0 Å². The highest BCUT2D eigenvalue weighted by atomic mass is 16.5. The van der Waals surface area contributed by atoms with Gasteiger partial charge < -0.3 is 4.74 Å². The van der Waals surface area contributed by atoms with Crippen molar-refractivity contribution in [2.45, 2.75) is 20.8 Å². The molecule has 0 aliphatic heterocycles. The van der Waals surface area contributed by atoms with Crippen LogP contribution in [0.25, 0.3) is 0 Å². The van der Waals surface area contributed by atoms with Gasteiger partial charge in [-0.25, -0.2) is 0 Å². The van der Waals surface area contributed by atoms with Crippen molar-refractivity contribution in [3.63, 3.8) is 0 Å². The highest BCUT2D eigenvalue weighted by Gasteiger charge is 2.19. The lowest BCUT2D eigenvalue weighted by Crippen LogP contribution is -2.08. The Kier molecular flexibility index (Phi) is 3.08. The summed E-state index contributed by atoms with van der Waals surface area (Å²) in [4.78, 5) is 10.5. The van der Waals surface area contributed by atoms with Gasteiger partial charge in [0.25, 0.3) is 0 Å². The summed E-state index contributed by atoms with van der Waals surface area (Å²) in [5, 5.41) is 0. The molecule has 8 heavy (non-hydrogen) atoms. The molecule has 0 atom stereocenters. The summed E-state index contributed by atoms with van der Waals surface area (Å²) in [5.41, 5.74) is 0. The van der Waals surface area contributed by atoms with Gasteiger partial charge in [0.2, 0.25) is 5.92 Å². The fourth-order valence-corrected chi connectivity index (χ4v) is 0.275. The van der Waals surface area contributed by atoms with Crippen molar-refractivity contribution >= 4 is 5.97 Å². The lowest BCUT2D eigenvalue weighted by Gasteiger charge is -1.92. The van der Waals surface area contributed by atoms with Crippen molar-refractivity contribution in [2.24, 2.45) is 0 Å². The molecular weight excluding hydrogens is 104 g/mol. The zero-order valence-electron chi connectivity index (χ0n) is 5.52. The van der Waals surface area contributed by atoms with Crippen molar-refractivity contribution in [1.29, 1.82) is 0 Å². The molecule has 0 amide bonds. The molecule has 0 rings (SSSR count). The Morgan fingerprint density at radius 2 is 2.12 bits per heavy atom. The molecule has 46 valence electrons. The zero-order valence-corrected chi connectivity index (χ0v) is 5.52. The molecule has 0 unspecified atom stereocenters. The van der Waals surface area contributed by atoms with Crippen LogP contribution in [0.1, 0.15) is 20.8 Å². The summed E-state index contributed by atoms with van der Waals surface area (Å²) in [6, 6.07) is 0. The van der Waals surface area contributed by atoms with E-state index in [9.17, 15) is 4.79 Å². The quantitative estimate of drug-likeness (QED) is 0.399. The normalized spacial score (nSPS) is 8.38. The SMILES string of the molecule is CCOC(=O)[C+](C)C. The van der Waals surface area contributed by atoms with Gasteiger partial charge >= 0.3 is 5.97 Å². The predicted octanol–water partition coefficient (Wildman–Crippen LogP) is 1.16. The molecule has 0 aliphatic carbocycles. The van der Waals surface area contributed by atoms with Gasteiger partial charge in [0.1, 0.15) is 0 Å². The average molecular weight is 115 g/mol. The Balaban J connectivity index is 3.33. The van der Waals surface area contributed by atoms with Crippen molar-refractivity contribution in [2.75, 3.05) is 6.61 Å². The second-order valence-electron chi connectivity index (χ2n) is 1.72. The molecule has 0 saturated heterocycles. The number of hydrogen-bond acceptors (Lipinski definition) is 2. The molecule has 2 heteroatoms. The maximum Gasteiger partial charge on any atom is 0.498 e. The van der Waals surface area contributed by atoms with E-state index in [2.05, 4.69) is 4.74 Å². The van der Waals surface area contributed by atoms with E-state index in [4.69, 9.17) is 0 Å². The van der Waals surface area contributed by atoms with Gasteiger partial charge in [0.15, 0.2) is 0 Å². The van der Waals surface area contributed by atoms with Gasteiger partial charge in [-0.1, -0.05) is 0 Å². The first-order chi connectivity index (χ1) is 3.68. The van der Waals surface area contributed by atoms with Crippen LogP contribution in [0.4, 0.5) is 0 Å². The highest BCUT2D eigenvalue weighted by Crippen LogP contribution is 1.96. The van der Waals surface area contributed by atoms with Gasteiger partial charge in [0, 0.05) is 0 Å². The monoisotopic (exact) mass is 115 g/mol. The third-order valence-electron chi connectivity index (χ3n) is 0.684. The van der Waals surface area contributed by atoms with Crippen LogP contribution in [0.2, 0.25) is 0 Å². The van der Waals surface area contributed by atoms with E-state index in [0.29, 0.717) is 12.5 Å². The van der Waals surface area contributed by atoms with E-state index in [0.717, 1.165) is 0 Å². The predicted molar refractivity (Wildman–Crippen MR) is 31.2 cm³/mol. The summed E-state index contributed by atoms with van der Waals surface area (Å²) < 4.78 is 4.63. The first-order valence-corrected chi connectivity index (χ1v) is 2.65. The largest absolute Gasteiger partial charge is 0.498 e. The maximum absolute atomic E-state index is 10.5. The minimum absolute atomic E-state index is 0.201. The van der Waals surface area contributed by atoms with Crippen molar-refractivity contribution < 1.29 is 9.53 Å². The van der Waals surface area contributed by atoms with Crippen LogP contribution in [0, 0.1) is 5.92 Å². The van der Waals surface area contributed by atoms with Crippen LogP contribution in [-0.2, 0) is 9.53 Å². The van der Waals surface area contributed by atoms with Gasteiger partial charge in [-0.05, 0) is 6.92 Å². The van der Waals surface area contributed by atoms with Crippen molar-refractivity contribution in [3.05, 3.63) is 5.92 Å². The molecule has 0 spiro atoms. The van der Waals surface area contributed by atoms with Crippen LogP contribution >= 0.6 is 0 Å². The highest BCUT2D eigenvalue weighted by molar-refractivity contribution is 5.83. The molecule has 0 heterocycles. The second-order valence-corrected chi connectivity index (χ2v) is 1.72.